The van der Waals surface area contributed by atoms with Gasteiger partial charge in [-0.15, -0.1) is 0 Å². The molecule has 0 spiro atoms. The molecule has 2 amide bonds. The maximum atomic E-state index is 12.5. The topological polar surface area (TPSA) is 64.3 Å². The van der Waals surface area contributed by atoms with Gasteiger partial charge in [-0.3, -0.25) is 5.10 Å². The lowest BCUT2D eigenvalue weighted by atomic mass is 10.1. The third-order valence-electron chi connectivity index (χ3n) is 4.64. The molecule has 1 aromatic heterocycles. The zero-order valence-electron chi connectivity index (χ0n) is 15.0. The number of nitrogens with zero attached hydrogens (tertiary/aromatic N) is 3. The molecule has 2 heterocycles. The average Bonchev–Trinajstić information content (AvgIpc) is 3.27. The number of H-pyrrole nitrogens is 1. The van der Waals surface area contributed by atoms with Gasteiger partial charge in [0.2, 0.25) is 0 Å². The van der Waals surface area contributed by atoms with E-state index in [2.05, 4.69) is 27.3 Å². The summed E-state index contributed by atoms with van der Waals surface area (Å²) in [5.41, 5.74) is 3.05. The molecule has 1 aromatic carbocycles. The van der Waals surface area contributed by atoms with Crippen LogP contribution in [-0.2, 0) is 6.54 Å². The summed E-state index contributed by atoms with van der Waals surface area (Å²) in [6, 6.07) is 10.1. The first-order valence-corrected chi connectivity index (χ1v) is 8.95. The molecule has 0 unspecified atom stereocenters. The molecule has 2 aromatic rings. The lowest BCUT2D eigenvalue weighted by molar-refractivity contribution is 0.198. The second kappa shape index (κ2) is 8.16. The van der Waals surface area contributed by atoms with Crippen LogP contribution in [0.15, 0.2) is 36.5 Å². The molecule has 2 N–H and O–H groups in total. The Bertz CT molecular complexity index is 678. The average molecular weight is 341 g/mol. The van der Waals surface area contributed by atoms with Gasteiger partial charge in [0.25, 0.3) is 0 Å². The van der Waals surface area contributed by atoms with E-state index >= 15 is 0 Å². The highest BCUT2D eigenvalue weighted by Crippen LogP contribution is 2.21. The minimum absolute atomic E-state index is 0.0492. The van der Waals surface area contributed by atoms with Crippen molar-refractivity contribution in [3.63, 3.8) is 0 Å². The number of carbonyl (C=O) groups excluding carboxylic acids is 1. The van der Waals surface area contributed by atoms with Gasteiger partial charge < -0.3 is 15.1 Å². The molecule has 1 aliphatic heterocycles. The number of hydrogen-bond donors (Lipinski definition) is 2. The van der Waals surface area contributed by atoms with Gasteiger partial charge in [-0.25, -0.2) is 4.79 Å². The number of aromatic amines is 1. The molecule has 134 valence electrons. The van der Waals surface area contributed by atoms with Crippen molar-refractivity contribution in [3.8, 4) is 11.3 Å². The van der Waals surface area contributed by atoms with Crippen LogP contribution in [0, 0.1) is 0 Å². The molecule has 25 heavy (non-hydrogen) atoms. The van der Waals surface area contributed by atoms with Crippen LogP contribution in [-0.4, -0.2) is 58.8 Å². The molecule has 3 rings (SSSR count). The lowest BCUT2D eigenvalue weighted by Gasteiger charge is -2.24. The predicted molar refractivity (Wildman–Crippen MR) is 99.2 cm³/mol. The van der Waals surface area contributed by atoms with Gasteiger partial charge in [-0.1, -0.05) is 30.3 Å². The van der Waals surface area contributed by atoms with E-state index in [1.807, 2.05) is 37.4 Å². The Morgan fingerprint density at radius 2 is 2.04 bits per heavy atom. The van der Waals surface area contributed by atoms with Crippen LogP contribution in [0.25, 0.3) is 11.3 Å². The molecule has 0 bridgehead atoms. The summed E-state index contributed by atoms with van der Waals surface area (Å²) >= 11 is 0. The van der Waals surface area contributed by atoms with Crippen molar-refractivity contribution in [2.45, 2.75) is 32.4 Å². The molecular weight excluding hydrogens is 314 g/mol. The Hall–Kier alpha value is -2.34. The summed E-state index contributed by atoms with van der Waals surface area (Å²) in [6.45, 7) is 5.79. The molecular formula is C19H27N5O. The van der Waals surface area contributed by atoms with Crippen molar-refractivity contribution < 1.29 is 4.79 Å². The summed E-state index contributed by atoms with van der Waals surface area (Å²) in [4.78, 5) is 16.6. The van der Waals surface area contributed by atoms with Crippen LogP contribution in [0.1, 0.15) is 25.3 Å². The maximum absolute atomic E-state index is 12.5. The Kier molecular flexibility index (Phi) is 5.71. The lowest BCUT2D eigenvalue weighted by Crippen LogP contribution is -2.46. The predicted octanol–water partition coefficient (Wildman–Crippen LogP) is 2.70. The maximum Gasteiger partial charge on any atom is 0.317 e. The Morgan fingerprint density at radius 3 is 2.76 bits per heavy atom. The second-order valence-corrected chi connectivity index (χ2v) is 6.85. The molecule has 0 radical (unpaired) electrons. The summed E-state index contributed by atoms with van der Waals surface area (Å²) in [5.74, 6) is 0. The quantitative estimate of drug-likeness (QED) is 0.849. The number of likely N-dealkylation sites (tertiary alicyclic amines) is 1. The van der Waals surface area contributed by atoms with Crippen LogP contribution in [0.5, 0.6) is 0 Å². The smallest absolute Gasteiger partial charge is 0.317 e. The Labute approximate surface area is 149 Å². The molecule has 1 atom stereocenters. The van der Waals surface area contributed by atoms with Crippen LogP contribution in [0.4, 0.5) is 4.79 Å². The summed E-state index contributed by atoms with van der Waals surface area (Å²) < 4.78 is 0. The molecule has 6 nitrogen and oxygen atoms in total. The third kappa shape index (κ3) is 4.60. The fourth-order valence-corrected chi connectivity index (χ4v) is 3.33. The van der Waals surface area contributed by atoms with Crippen LogP contribution >= 0.6 is 0 Å². The third-order valence-corrected chi connectivity index (χ3v) is 4.64. The van der Waals surface area contributed by atoms with Gasteiger partial charge in [0.15, 0.2) is 0 Å². The number of rotatable bonds is 6. The van der Waals surface area contributed by atoms with Crippen molar-refractivity contribution in [2.24, 2.45) is 0 Å². The molecule has 1 fully saturated rings. The van der Waals surface area contributed by atoms with Crippen LogP contribution < -0.4 is 5.32 Å². The van der Waals surface area contributed by atoms with Gasteiger partial charge in [0.1, 0.15) is 0 Å². The second-order valence-electron chi connectivity index (χ2n) is 6.85. The van der Waals surface area contributed by atoms with E-state index in [9.17, 15) is 4.79 Å². The molecule has 6 heteroatoms. The molecule has 0 aliphatic carbocycles. The number of aromatic nitrogens is 2. The van der Waals surface area contributed by atoms with Gasteiger partial charge in [0, 0.05) is 25.2 Å². The number of amides is 2. The highest BCUT2D eigenvalue weighted by molar-refractivity contribution is 5.74. The summed E-state index contributed by atoms with van der Waals surface area (Å²) in [6.07, 6.45) is 4.33. The zero-order valence-corrected chi connectivity index (χ0v) is 15.0. The fourth-order valence-electron chi connectivity index (χ4n) is 3.33. The summed E-state index contributed by atoms with van der Waals surface area (Å²) in [5, 5.41) is 10.3. The first-order chi connectivity index (χ1) is 12.1. The van der Waals surface area contributed by atoms with Crippen molar-refractivity contribution in [3.05, 3.63) is 42.1 Å². The first kappa shape index (κ1) is 17.5. The fraction of sp³-hybridized carbons (Fsp3) is 0.474. The molecule has 1 saturated heterocycles. The van der Waals surface area contributed by atoms with Crippen LogP contribution in [0.2, 0.25) is 0 Å². The minimum Gasteiger partial charge on any atom is -0.334 e. The van der Waals surface area contributed by atoms with Crippen molar-refractivity contribution >= 4 is 6.03 Å². The minimum atomic E-state index is -0.0492. The highest BCUT2D eigenvalue weighted by Gasteiger charge is 2.18. The van der Waals surface area contributed by atoms with Crippen molar-refractivity contribution in [1.29, 1.82) is 0 Å². The van der Waals surface area contributed by atoms with Gasteiger partial charge in [-0.2, -0.15) is 5.10 Å². The first-order valence-electron chi connectivity index (χ1n) is 8.95. The van der Waals surface area contributed by atoms with Gasteiger partial charge in [-0.05, 0) is 38.4 Å². The van der Waals surface area contributed by atoms with E-state index in [1.54, 1.807) is 11.1 Å². The van der Waals surface area contributed by atoms with E-state index in [-0.39, 0.29) is 12.1 Å². The number of nitrogens with one attached hydrogen (secondary N) is 2. The van der Waals surface area contributed by atoms with Crippen LogP contribution in [0.3, 0.4) is 0 Å². The number of urea groups is 1. The van der Waals surface area contributed by atoms with E-state index in [4.69, 9.17) is 0 Å². The standard InChI is InChI=1S/C19H27N5O/c1-15(13-24-10-6-7-11-24)21-19(25)23(2)14-17-12-20-22-18(17)16-8-4-3-5-9-16/h3-5,8-9,12,15H,6-7,10-11,13-14H2,1-2H3,(H,20,22)(H,21,25)/t15-/m0/s1. The molecule has 1 aliphatic rings. The van der Waals surface area contributed by atoms with Gasteiger partial charge >= 0.3 is 6.03 Å². The van der Waals surface area contributed by atoms with E-state index in [1.165, 1.54) is 12.8 Å². The normalized spacial score (nSPS) is 15.9. The van der Waals surface area contributed by atoms with E-state index < -0.39 is 0 Å². The largest absolute Gasteiger partial charge is 0.334 e. The Morgan fingerprint density at radius 1 is 1.32 bits per heavy atom. The molecule has 0 saturated carbocycles. The van der Waals surface area contributed by atoms with E-state index in [0.717, 1.165) is 36.5 Å². The highest BCUT2D eigenvalue weighted by atomic mass is 16.2. The number of benzene rings is 1. The summed E-state index contributed by atoms with van der Waals surface area (Å²) in [7, 11) is 1.82. The van der Waals surface area contributed by atoms with Crippen molar-refractivity contribution in [2.75, 3.05) is 26.7 Å². The Balaban J connectivity index is 1.56. The number of hydrogen-bond acceptors (Lipinski definition) is 3. The van der Waals surface area contributed by atoms with Gasteiger partial charge in [0.05, 0.1) is 18.4 Å². The monoisotopic (exact) mass is 341 g/mol. The SMILES string of the molecule is C[C@@H](CN1CCCC1)NC(=O)N(C)Cc1cn[nH]c1-c1ccccc1. The number of carbonyl (C=O) groups is 1. The van der Waals surface area contributed by atoms with Crippen molar-refractivity contribution in [1.82, 2.24) is 25.3 Å². The van der Waals surface area contributed by atoms with E-state index in [0.29, 0.717) is 6.54 Å². The zero-order chi connectivity index (χ0) is 17.6.